The van der Waals surface area contributed by atoms with Crippen molar-refractivity contribution in [3.05, 3.63) is 118 Å². The van der Waals surface area contributed by atoms with Crippen molar-refractivity contribution in [2.24, 2.45) is 5.92 Å². The number of fused-ring (bicyclic) bond motifs is 1. The van der Waals surface area contributed by atoms with Crippen LogP contribution in [0.2, 0.25) is 0 Å². The van der Waals surface area contributed by atoms with Gasteiger partial charge in [0.2, 0.25) is 17.5 Å². The molecule has 0 spiro atoms. The molecule has 0 bridgehead atoms. The first kappa shape index (κ1) is 53.2. The third kappa shape index (κ3) is 11.8. The lowest BCUT2D eigenvalue weighted by Gasteiger charge is -2.47. The Morgan fingerprint density at radius 1 is 0.622 bits per heavy atom. The Labute approximate surface area is 420 Å². The highest BCUT2D eigenvalue weighted by Crippen LogP contribution is 2.40. The number of carbonyl (C=O) groups is 2. The maximum Gasteiger partial charge on any atom is 0.331 e. The zero-order chi connectivity index (χ0) is 53.1. The van der Waals surface area contributed by atoms with Crippen LogP contribution in [0.15, 0.2) is 106 Å². The molecule has 5 aromatic rings. The number of aliphatic hydroxyl groups excluding tert-OH is 6. The Morgan fingerprint density at radius 2 is 1.19 bits per heavy atom. The summed E-state index contributed by atoms with van der Waals surface area (Å²) in [5.41, 5.74) is -0.337. The fourth-order valence-corrected chi connectivity index (χ4v) is 8.78. The molecule has 3 fully saturated rings. The molecular weight excluding hydrogens is 977 g/mol. The molecule has 3 aliphatic rings. The van der Waals surface area contributed by atoms with E-state index in [1.807, 2.05) is 0 Å². The monoisotopic (exact) mass is 1030 g/mol. The van der Waals surface area contributed by atoms with Crippen LogP contribution in [-0.4, -0.2) is 161 Å². The number of hydrogen-bond donors (Lipinski definition) is 11. The molecule has 2 aliphatic heterocycles. The highest BCUT2D eigenvalue weighted by molar-refractivity contribution is 5.89. The number of carbonyl (C=O) groups excluding carboxylic acids is 2. The summed E-state index contributed by atoms with van der Waals surface area (Å²) in [5.74, 6) is -5.18. The predicted octanol–water partition coefficient (Wildman–Crippen LogP) is 2.06. The Hall–Kier alpha value is -7.09. The van der Waals surface area contributed by atoms with Crippen LogP contribution in [0, 0.1) is 5.92 Å². The van der Waals surface area contributed by atoms with Gasteiger partial charge >= 0.3 is 11.9 Å². The molecule has 74 heavy (non-hydrogen) atoms. The van der Waals surface area contributed by atoms with Gasteiger partial charge in [-0.3, -0.25) is 4.79 Å². The number of hydrogen-bond acceptors (Lipinski definition) is 22. The molecular formula is C52H54O22. The number of phenolic OH excluding ortho intramolecular Hbond substituents is 5. The lowest BCUT2D eigenvalue weighted by atomic mass is 9.82. The van der Waals surface area contributed by atoms with Crippen molar-refractivity contribution in [3.8, 4) is 45.8 Å². The van der Waals surface area contributed by atoms with Crippen molar-refractivity contribution in [3.63, 3.8) is 0 Å². The molecule has 4 aromatic carbocycles. The number of aromatic hydroxyl groups is 5. The lowest BCUT2D eigenvalue weighted by molar-refractivity contribution is -0.356. The minimum atomic E-state index is -2.13. The van der Waals surface area contributed by atoms with E-state index in [0.29, 0.717) is 11.1 Å². The SMILES string of the molecule is CC1CC(OCC2OC(Oc3c(-c4ccc(O)cc4)oc4cc(O)cc(O)c4c3=O)C(OC3OC(C)C(OC(=O)C=Cc4ccc(O)cc4)C(O)C3O)C(O)C2OC(=O)C=Cc2ccc(O)cc2)C(O)C(O)C1O. The van der Waals surface area contributed by atoms with Crippen LogP contribution in [-0.2, 0) is 38.0 Å². The van der Waals surface area contributed by atoms with Crippen molar-refractivity contribution >= 4 is 35.1 Å². The minimum absolute atomic E-state index is 0.00400. The second-order valence-electron chi connectivity index (χ2n) is 18.1. The van der Waals surface area contributed by atoms with Gasteiger partial charge in [-0.1, -0.05) is 31.2 Å². The van der Waals surface area contributed by atoms with Gasteiger partial charge in [0.1, 0.15) is 76.3 Å². The average molecular weight is 1030 g/mol. The zero-order valence-electron chi connectivity index (χ0n) is 39.4. The largest absolute Gasteiger partial charge is 0.508 e. The molecule has 11 N–H and O–H groups in total. The first-order valence-corrected chi connectivity index (χ1v) is 23.3. The van der Waals surface area contributed by atoms with Crippen molar-refractivity contribution < 1.29 is 103 Å². The Morgan fingerprint density at radius 3 is 1.78 bits per heavy atom. The van der Waals surface area contributed by atoms with Gasteiger partial charge in [0.15, 0.2) is 30.4 Å². The van der Waals surface area contributed by atoms with E-state index in [9.17, 15) is 70.6 Å². The molecule has 1 aromatic heterocycles. The average Bonchev–Trinajstić information content (AvgIpc) is 3.36. The van der Waals surface area contributed by atoms with Crippen LogP contribution in [0.25, 0.3) is 34.4 Å². The molecule has 8 rings (SSSR count). The number of esters is 2. The predicted molar refractivity (Wildman–Crippen MR) is 255 cm³/mol. The molecule has 0 radical (unpaired) electrons. The van der Waals surface area contributed by atoms with Gasteiger partial charge in [-0.15, -0.1) is 0 Å². The molecule has 2 saturated heterocycles. The van der Waals surface area contributed by atoms with Gasteiger partial charge in [-0.2, -0.15) is 0 Å². The molecule has 15 atom stereocenters. The first-order valence-electron chi connectivity index (χ1n) is 23.3. The van der Waals surface area contributed by atoms with Gasteiger partial charge in [-0.25, -0.2) is 9.59 Å². The van der Waals surface area contributed by atoms with E-state index in [0.717, 1.165) is 24.3 Å². The first-order chi connectivity index (χ1) is 35.3. The van der Waals surface area contributed by atoms with Gasteiger partial charge in [0.05, 0.1) is 24.9 Å². The number of rotatable bonds is 14. The van der Waals surface area contributed by atoms with E-state index in [2.05, 4.69) is 0 Å². The molecule has 1 aliphatic carbocycles. The topological polar surface area (TPSA) is 351 Å². The second kappa shape index (κ2) is 22.6. The third-order valence-corrected chi connectivity index (χ3v) is 12.8. The fraction of sp³-hybridized carbons (Fsp3) is 0.365. The van der Waals surface area contributed by atoms with Gasteiger partial charge in [0.25, 0.3) is 0 Å². The van der Waals surface area contributed by atoms with Gasteiger partial charge in [-0.05, 0) is 91.1 Å². The summed E-state index contributed by atoms with van der Waals surface area (Å²) in [5, 5.41) is 118. The lowest BCUT2D eigenvalue weighted by Crippen LogP contribution is -2.66. The van der Waals surface area contributed by atoms with Crippen LogP contribution in [0.5, 0.6) is 34.5 Å². The number of phenols is 5. The maximum absolute atomic E-state index is 14.6. The van der Waals surface area contributed by atoms with E-state index < -0.39 is 138 Å². The van der Waals surface area contributed by atoms with Crippen molar-refractivity contribution in [1.82, 2.24) is 0 Å². The van der Waals surface area contributed by atoms with Crippen LogP contribution in [0.4, 0.5) is 0 Å². The Balaban J connectivity index is 1.16. The number of aliphatic hydroxyl groups is 6. The van der Waals surface area contributed by atoms with Crippen molar-refractivity contribution in [2.45, 2.75) is 106 Å². The summed E-state index contributed by atoms with van der Waals surface area (Å²) < 4.78 is 48.2. The Bertz CT molecular complexity index is 2880. The molecule has 1 saturated carbocycles. The Kier molecular flexibility index (Phi) is 16.2. The molecule has 394 valence electrons. The van der Waals surface area contributed by atoms with Crippen molar-refractivity contribution in [2.75, 3.05) is 6.61 Å². The zero-order valence-corrected chi connectivity index (χ0v) is 39.4. The van der Waals surface area contributed by atoms with Gasteiger partial charge in [0, 0.05) is 29.8 Å². The molecule has 22 nitrogen and oxygen atoms in total. The highest BCUT2D eigenvalue weighted by Gasteiger charge is 2.54. The second-order valence-corrected chi connectivity index (χ2v) is 18.1. The molecule has 15 unspecified atom stereocenters. The van der Waals surface area contributed by atoms with Crippen molar-refractivity contribution in [1.29, 1.82) is 0 Å². The van der Waals surface area contributed by atoms with E-state index in [4.69, 9.17) is 37.6 Å². The summed E-state index contributed by atoms with van der Waals surface area (Å²) >= 11 is 0. The third-order valence-electron chi connectivity index (χ3n) is 12.8. The molecule has 22 heteroatoms. The van der Waals surface area contributed by atoms with Gasteiger partial charge < -0.3 is 93.7 Å². The number of ether oxygens (including phenoxy) is 7. The minimum Gasteiger partial charge on any atom is -0.508 e. The summed E-state index contributed by atoms with van der Waals surface area (Å²) in [4.78, 5) is 41.1. The molecule has 3 heterocycles. The van der Waals surface area contributed by atoms with E-state index in [-0.39, 0.29) is 40.6 Å². The fourth-order valence-electron chi connectivity index (χ4n) is 8.78. The maximum atomic E-state index is 14.6. The highest BCUT2D eigenvalue weighted by atomic mass is 16.8. The summed E-state index contributed by atoms with van der Waals surface area (Å²) in [6.07, 6.45) is -19.4. The molecule has 0 amide bonds. The van der Waals surface area contributed by atoms with Crippen LogP contribution in [0.1, 0.15) is 31.4 Å². The van der Waals surface area contributed by atoms with E-state index in [1.54, 1.807) is 6.92 Å². The normalized spacial score (nSPS) is 30.4. The summed E-state index contributed by atoms with van der Waals surface area (Å²) in [7, 11) is 0. The standard InChI is InChI=1S/C52H54O22/c1-23-19-34(40(61)42(63)39(23)60)67-22-35-48(72-37(59)18-8-26-5-13-29(54)14-6-26)45(66)50(74-51-44(65)43(64)46(24(2)68-51)71-36(58)17-7-25-3-11-28(53)12-4-25)52(70-35)73-49-41(62)38-32(57)20-31(56)21-33(38)69-47(49)27-9-15-30(55)16-10-27/h3-18,20-21,23-24,34-35,39-40,42-46,48,50-57,60-61,63-66H,19,22H2,1-2H3. The summed E-state index contributed by atoms with van der Waals surface area (Å²) in [6.45, 7) is 2.32. The van der Waals surface area contributed by atoms with Crippen LogP contribution >= 0.6 is 0 Å². The smallest absolute Gasteiger partial charge is 0.331 e. The number of benzene rings is 4. The van der Waals surface area contributed by atoms with Crippen LogP contribution < -0.4 is 10.2 Å². The van der Waals surface area contributed by atoms with E-state index in [1.165, 1.54) is 91.9 Å². The quantitative estimate of drug-likeness (QED) is 0.0560. The summed E-state index contributed by atoms with van der Waals surface area (Å²) in [6, 6.07) is 18.6. The van der Waals surface area contributed by atoms with Crippen LogP contribution in [0.3, 0.4) is 0 Å². The van der Waals surface area contributed by atoms with E-state index >= 15 is 0 Å².